The number of thiophene rings is 1. The summed E-state index contributed by atoms with van der Waals surface area (Å²) in [6.07, 6.45) is 3.70. The number of hydrogen-bond donors (Lipinski definition) is 0. The topological polar surface area (TPSA) is 25.8 Å². The Balaban J connectivity index is 0.000000241. The monoisotopic (exact) mass is 907 g/mol. The number of rotatable bonds is 6. The zero-order valence-electron chi connectivity index (χ0n) is 30.0. The third-order valence-electron chi connectivity index (χ3n) is 7.78. The molecule has 0 saturated heterocycles. The van der Waals surface area contributed by atoms with E-state index in [-0.39, 0.29) is 25.9 Å². The van der Waals surface area contributed by atoms with Gasteiger partial charge in [0.25, 0.3) is 0 Å². The number of benzene rings is 4. The van der Waals surface area contributed by atoms with Gasteiger partial charge in [-0.05, 0) is 33.4 Å². The first-order valence-corrected chi connectivity index (χ1v) is 27.4. The number of pyridine rings is 2. The summed E-state index contributed by atoms with van der Waals surface area (Å²) in [7, 11) is -2.13. The van der Waals surface area contributed by atoms with E-state index >= 15 is 4.39 Å². The second kappa shape index (κ2) is 15.1. The first-order chi connectivity index (χ1) is 23.3. The van der Waals surface area contributed by atoms with Gasteiger partial charge in [0.1, 0.15) is 5.82 Å². The van der Waals surface area contributed by atoms with E-state index in [1.807, 2.05) is 111 Å². The van der Waals surface area contributed by atoms with E-state index in [2.05, 4.69) is 51.5 Å². The number of hydrogen-bond acceptors (Lipinski definition) is 3. The summed E-state index contributed by atoms with van der Waals surface area (Å²) in [5.41, 5.74) is 5.59. The molecule has 0 aliphatic rings. The maximum Gasteiger partial charge on any atom is 0 e. The van der Waals surface area contributed by atoms with Crippen molar-refractivity contribution in [2.75, 3.05) is 0 Å². The van der Waals surface area contributed by atoms with Crippen LogP contribution >= 0.6 is 11.3 Å². The largest absolute Gasteiger partial charge is 0 e. The van der Waals surface area contributed by atoms with Crippen molar-refractivity contribution in [3.63, 3.8) is 0 Å². The van der Waals surface area contributed by atoms with Gasteiger partial charge in [-0.3, -0.25) is 0 Å². The summed E-state index contributed by atoms with van der Waals surface area (Å²) in [4.78, 5) is 9.07. The fourth-order valence-electron chi connectivity index (χ4n) is 5.43. The van der Waals surface area contributed by atoms with Crippen LogP contribution in [0.1, 0.15) is 8.30 Å². The Labute approximate surface area is 308 Å². The van der Waals surface area contributed by atoms with Crippen molar-refractivity contribution in [2.24, 2.45) is 0 Å². The standard InChI is InChI=1S/C27H23FNSSi.C14H16GeN.Ir/c1-31(2,3)17-18-14-15-29-24(16-18)23-11-7-10-21-22-13-12-20(19-8-5-4-6-9-19)25(28)27(22)30-26(21)23;1-15(2,3)13-9-10-14(16-11-13)12-7-5-4-6-8-12;/h4-10,12-16H,17H2,1-3H3;4-7,9-11H,1-3H3;/q2*-1;/i17D2;;. The number of halogens is 1. The third kappa shape index (κ3) is 8.30. The molecule has 4 aromatic carbocycles. The Bertz CT molecular complexity index is 2230. The summed E-state index contributed by atoms with van der Waals surface area (Å²) in [6, 6.07) is 39.6. The minimum atomic E-state index is -2.13. The first kappa shape index (κ1) is 33.2. The second-order valence-electron chi connectivity index (χ2n) is 13.6. The van der Waals surface area contributed by atoms with Crippen LogP contribution in [0.5, 0.6) is 0 Å². The van der Waals surface area contributed by atoms with E-state index in [1.54, 1.807) is 12.3 Å². The van der Waals surface area contributed by atoms with E-state index in [0.717, 1.165) is 37.9 Å². The van der Waals surface area contributed by atoms with Gasteiger partial charge in [-0.2, -0.15) is 11.3 Å². The quantitative estimate of drug-likeness (QED) is 0.123. The Morgan fingerprint density at radius 1 is 0.792 bits per heavy atom. The van der Waals surface area contributed by atoms with Crippen LogP contribution < -0.4 is 4.40 Å². The molecule has 0 amide bonds. The molecule has 0 aliphatic heterocycles. The molecular formula is C41H39FGeIrN2SSi-2. The van der Waals surface area contributed by atoms with Crippen LogP contribution in [-0.2, 0) is 26.1 Å². The molecular weight excluding hydrogens is 864 g/mol. The Morgan fingerprint density at radius 3 is 2.21 bits per heavy atom. The van der Waals surface area contributed by atoms with Gasteiger partial charge in [-0.15, -0.1) is 23.8 Å². The zero-order chi connectivity index (χ0) is 35.0. The van der Waals surface area contributed by atoms with Crippen molar-refractivity contribution in [2.45, 2.75) is 42.9 Å². The SMILES string of the molecule is [2H]C([2H])(c1ccnc(-c2[c-]ccc3c2sc2c(F)c(-c4ccccc4)ccc23)c1)[Si](C)(C)C.[CH3][Ge]([CH3])([CH3])[c]1ccc(-c2[c-]cccc2)nc1.[Ir]. The molecule has 2 nitrogen and oxygen atoms in total. The fraction of sp³-hybridized carbons (Fsp3) is 0.171. The predicted molar refractivity (Wildman–Crippen MR) is 205 cm³/mol. The second-order valence-corrected chi connectivity index (χ2v) is 30.1. The van der Waals surface area contributed by atoms with Gasteiger partial charge in [0.15, 0.2) is 0 Å². The van der Waals surface area contributed by atoms with Crippen LogP contribution in [0.15, 0.2) is 116 Å². The molecule has 0 saturated carbocycles. The third-order valence-corrected chi connectivity index (χ3v) is 14.3. The van der Waals surface area contributed by atoms with Crippen molar-refractivity contribution in [3.8, 4) is 33.6 Å². The summed E-state index contributed by atoms with van der Waals surface area (Å²) < 4.78 is 36.0. The Hall–Kier alpha value is -3.26. The van der Waals surface area contributed by atoms with Crippen molar-refractivity contribution in [1.82, 2.24) is 9.97 Å². The van der Waals surface area contributed by atoms with E-state index in [4.69, 9.17) is 2.74 Å². The number of fused-ring (bicyclic) bond motifs is 3. The molecule has 0 spiro atoms. The molecule has 0 aliphatic carbocycles. The molecule has 7 aromatic rings. The summed E-state index contributed by atoms with van der Waals surface area (Å²) in [5.74, 6) is 5.53. The predicted octanol–water partition coefficient (Wildman–Crippen LogP) is 11.2. The first-order valence-electron chi connectivity index (χ1n) is 16.8. The van der Waals surface area contributed by atoms with Crippen LogP contribution in [-0.4, -0.2) is 31.3 Å². The molecule has 245 valence electrons. The van der Waals surface area contributed by atoms with E-state index in [1.165, 1.54) is 15.7 Å². The summed E-state index contributed by atoms with van der Waals surface area (Å²) in [5, 5.41) is 1.83. The van der Waals surface area contributed by atoms with Crippen LogP contribution in [0.3, 0.4) is 0 Å². The Kier molecular flexibility index (Phi) is 10.5. The number of aromatic nitrogens is 2. The van der Waals surface area contributed by atoms with Gasteiger partial charge in [0, 0.05) is 42.7 Å². The fourth-order valence-corrected chi connectivity index (χ4v) is 9.87. The van der Waals surface area contributed by atoms with Gasteiger partial charge in [-0.1, -0.05) is 79.1 Å². The molecule has 3 heterocycles. The normalized spacial score (nSPS) is 12.5. The average Bonchev–Trinajstić information content (AvgIpc) is 3.49. The number of nitrogens with zero attached hydrogens (tertiary/aromatic N) is 2. The van der Waals surface area contributed by atoms with Crippen LogP contribution in [0, 0.1) is 17.9 Å². The molecule has 48 heavy (non-hydrogen) atoms. The maximum absolute atomic E-state index is 15.6. The molecule has 0 N–H and O–H groups in total. The summed E-state index contributed by atoms with van der Waals surface area (Å²) in [6.45, 7) is 6.08. The molecule has 0 bridgehead atoms. The molecule has 1 radical (unpaired) electrons. The molecule has 7 heteroatoms. The average molecular weight is 906 g/mol. The Morgan fingerprint density at radius 2 is 1.54 bits per heavy atom. The van der Waals surface area contributed by atoms with Crippen LogP contribution in [0.2, 0.25) is 36.9 Å². The minimum absolute atomic E-state index is 0. The molecule has 0 unspecified atom stereocenters. The van der Waals surface area contributed by atoms with Crippen molar-refractivity contribution in [1.29, 1.82) is 0 Å². The molecule has 3 aromatic heterocycles. The molecule has 7 rings (SSSR count). The molecule has 0 atom stereocenters. The van der Waals surface area contributed by atoms with Gasteiger partial charge in [-0.25, -0.2) is 4.39 Å². The van der Waals surface area contributed by atoms with Crippen molar-refractivity contribution < 1.29 is 27.2 Å². The van der Waals surface area contributed by atoms with Gasteiger partial charge < -0.3 is 4.98 Å². The maximum atomic E-state index is 15.6. The smallest absolute Gasteiger partial charge is 0 e. The van der Waals surface area contributed by atoms with E-state index in [9.17, 15) is 0 Å². The summed E-state index contributed by atoms with van der Waals surface area (Å²) >= 11 is -0.310. The van der Waals surface area contributed by atoms with Gasteiger partial charge >= 0.3 is 99.8 Å². The van der Waals surface area contributed by atoms with E-state index < -0.39 is 27.3 Å². The van der Waals surface area contributed by atoms with Gasteiger partial charge in [0.05, 0.1) is 4.70 Å². The van der Waals surface area contributed by atoms with Crippen LogP contribution in [0.4, 0.5) is 4.39 Å². The minimum Gasteiger partial charge on any atom is 0 e. The van der Waals surface area contributed by atoms with E-state index in [0.29, 0.717) is 21.5 Å². The van der Waals surface area contributed by atoms with Gasteiger partial charge in [0.2, 0.25) is 0 Å². The van der Waals surface area contributed by atoms with Crippen LogP contribution in [0.25, 0.3) is 53.8 Å². The molecule has 0 fully saturated rings. The van der Waals surface area contributed by atoms with Crippen molar-refractivity contribution in [3.05, 3.63) is 139 Å². The zero-order valence-corrected chi connectivity index (χ0v) is 34.3. The van der Waals surface area contributed by atoms with Crippen molar-refractivity contribution >= 4 is 57.2 Å².